The van der Waals surface area contributed by atoms with Crippen LogP contribution >= 0.6 is 11.3 Å². The van der Waals surface area contributed by atoms with Crippen LogP contribution in [0.15, 0.2) is 11.4 Å². The fourth-order valence-corrected chi connectivity index (χ4v) is 3.87. The number of carbonyl (C=O) groups excluding carboxylic acids is 1. The van der Waals surface area contributed by atoms with Crippen molar-refractivity contribution in [3.63, 3.8) is 0 Å². The van der Waals surface area contributed by atoms with Crippen molar-refractivity contribution in [2.24, 2.45) is 17.6 Å². The monoisotopic (exact) mass is 280 g/mol. The predicted molar refractivity (Wildman–Crippen MR) is 80.2 cm³/mol. The molecule has 1 aliphatic heterocycles. The molecule has 2 rings (SSSR count). The summed E-state index contributed by atoms with van der Waals surface area (Å²) < 4.78 is 0. The predicted octanol–water partition coefficient (Wildman–Crippen LogP) is 2.81. The number of amides is 1. The van der Waals surface area contributed by atoms with Crippen LogP contribution in [0.4, 0.5) is 0 Å². The van der Waals surface area contributed by atoms with Crippen LogP contribution in [0.5, 0.6) is 0 Å². The number of nitrogens with two attached hydrogens (primary N) is 1. The van der Waals surface area contributed by atoms with Gasteiger partial charge in [0.15, 0.2) is 0 Å². The van der Waals surface area contributed by atoms with E-state index in [0.717, 1.165) is 19.4 Å². The Morgan fingerprint density at radius 3 is 2.95 bits per heavy atom. The van der Waals surface area contributed by atoms with E-state index in [1.165, 1.54) is 10.4 Å². The Hall–Kier alpha value is -0.870. The first-order chi connectivity index (χ1) is 9.04. The van der Waals surface area contributed by atoms with E-state index in [0.29, 0.717) is 12.5 Å². The summed E-state index contributed by atoms with van der Waals surface area (Å²) in [5.41, 5.74) is 7.13. The van der Waals surface area contributed by atoms with Crippen LogP contribution in [-0.4, -0.2) is 23.9 Å². The molecule has 2 atom stereocenters. The molecule has 0 fully saturated rings. The standard InChI is InChI=1S/C15H24N2OS/c1-10(2)8-12(9-16)15(18)17-6-4-14-13(11(17)3)5-7-19-14/h5,7,10-12H,4,6,8-9,16H2,1-3H3. The van der Waals surface area contributed by atoms with E-state index in [4.69, 9.17) is 5.73 Å². The van der Waals surface area contributed by atoms with E-state index in [1.807, 2.05) is 4.90 Å². The molecule has 3 nitrogen and oxygen atoms in total. The first kappa shape index (κ1) is 14.5. The average Bonchev–Trinajstić information content (AvgIpc) is 2.84. The molecular formula is C15H24N2OS. The molecule has 4 heteroatoms. The summed E-state index contributed by atoms with van der Waals surface area (Å²) in [6.07, 6.45) is 1.87. The molecule has 0 bridgehead atoms. The van der Waals surface area contributed by atoms with Crippen molar-refractivity contribution in [2.75, 3.05) is 13.1 Å². The molecule has 1 amide bonds. The zero-order chi connectivity index (χ0) is 14.0. The van der Waals surface area contributed by atoms with Gasteiger partial charge in [-0.1, -0.05) is 13.8 Å². The second-order valence-corrected chi connectivity index (χ2v) is 6.82. The maximum absolute atomic E-state index is 12.7. The van der Waals surface area contributed by atoms with Crippen LogP contribution in [0, 0.1) is 11.8 Å². The third-order valence-electron chi connectivity index (χ3n) is 3.95. The van der Waals surface area contributed by atoms with Gasteiger partial charge in [-0.15, -0.1) is 11.3 Å². The third kappa shape index (κ3) is 3.00. The SMILES string of the molecule is CC(C)CC(CN)C(=O)N1CCc2sccc2C1C. The summed E-state index contributed by atoms with van der Waals surface area (Å²) in [6, 6.07) is 2.35. The Balaban J connectivity index is 2.12. The highest BCUT2D eigenvalue weighted by Crippen LogP contribution is 2.34. The van der Waals surface area contributed by atoms with Crippen LogP contribution < -0.4 is 5.73 Å². The molecule has 2 unspecified atom stereocenters. The van der Waals surface area contributed by atoms with Crippen molar-refractivity contribution in [1.82, 2.24) is 4.90 Å². The number of fused-ring (bicyclic) bond motifs is 1. The highest BCUT2D eigenvalue weighted by atomic mass is 32.1. The molecule has 19 heavy (non-hydrogen) atoms. The van der Waals surface area contributed by atoms with Crippen molar-refractivity contribution in [1.29, 1.82) is 0 Å². The van der Waals surface area contributed by atoms with Crippen molar-refractivity contribution in [3.8, 4) is 0 Å². The lowest BCUT2D eigenvalue weighted by molar-refractivity contribution is -0.138. The van der Waals surface area contributed by atoms with Gasteiger partial charge in [0, 0.05) is 18.0 Å². The molecule has 0 aromatic carbocycles. The molecule has 0 aliphatic carbocycles. The summed E-state index contributed by atoms with van der Waals surface area (Å²) in [5.74, 6) is 0.720. The first-order valence-corrected chi connectivity index (χ1v) is 7.99. The summed E-state index contributed by atoms with van der Waals surface area (Å²) in [6.45, 7) is 7.71. The van der Waals surface area contributed by atoms with Gasteiger partial charge in [0.2, 0.25) is 5.91 Å². The van der Waals surface area contributed by atoms with Crippen molar-refractivity contribution < 1.29 is 4.79 Å². The molecule has 0 spiro atoms. The van der Waals surface area contributed by atoms with E-state index in [-0.39, 0.29) is 17.9 Å². The number of carbonyl (C=O) groups is 1. The molecule has 0 saturated heterocycles. The zero-order valence-electron chi connectivity index (χ0n) is 12.1. The van der Waals surface area contributed by atoms with Gasteiger partial charge in [-0.3, -0.25) is 4.79 Å². The van der Waals surface area contributed by atoms with E-state index in [1.54, 1.807) is 11.3 Å². The third-order valence-corrected chi connectivity index (χ3v) is 4.95. The summed E-state index contributed by atoms with van der Waals surface area (Å²) in [4.78, 5) is 16.1. The lowest BCUT2D eigenvalue weighted by Crippen LogP contribution is -2.44. The Bertz CT molecular complexity index is 441. The lowest BCUT2D eigenvalue weighted by atomic mass is 9.93. The summed E-state index contributed by atoms with van der Waals surface area (Å²) in [5, 5.41) is 2.13. The minimum absolute atomic E-state index is 0.0253. The van der Waals surface area contributed by atoms with Gasteiger partial charge in [0.25, 0.3) is 0 Å². The van der Waals surface area contributed by atoms with Crippen molar-refractivity contribution in [2.45, 2.75) is 39.7 Å². The second kappa shape index (κ2) is 6.06. The maximum atomic E-state index is 12.7. The Morgan fingerprint density at radius 1 is 1.58 bits per heavy atom. The molecule has 1 aromatic heterocycles. The second-order valence-electron chi connectivity index (χ2n) is 5.82. The van der Waals surface area contributed by atoms with Gasteiger partial charge in [-0.2, -0.15) is 0 Å². The van der Waals surface area contributed by atoms with Crippen LogP contribution in [0.2, 0.25) is 0 Å². The number of thiophene rings is 1. The molecule has 2 heterocycles. The van der Waals surface area contributed by atoms with Gasteiger partial charge in [0.05, 0.1) is 12.0 Å². The maximum Gasteiger partial charge on any atom is 0.227 e. The van der Waals surface area contributed by atoms with Gasteiger partial charge in [-0.25, -0.2) is 0 Å². The lowest BCUT2D eigenvalue weighted by Gasteiger charge is -2.36. The van der Waals surface area contributed by atoms with E-state index in [9.17, 15) is 4.79 Å². The fourth-order valence-electron chi connectivity index (χ4n) is 2.91. The van der Waals surface area contributed by atoms with E-state index >= 15 is 0 Å². The number of rotatable bonds is 4. The van der Waals surface area contributed by atoms with E-state index in [2.05, 4.69) is 32.2 Å². The molecule has 2 N–H and O–H groups in total. The molecule has 0 radical (unpaired) electrons. The summed E-state index contributed by atoms with van der Waals surface area (Å²) >= 11 is 1.81. The van der Waals surface area contributed by atoms with E-state index < -0.39 is 0 Å². The molecule has 1 aromatic rings. The normalized spacial score (nSPS) is 20.5. The Morgan fingerprint density at radius 2 is 2.32 bits per heavy atom. The van der Waals surface area contributed by atoms with Crippen LogP contribution in [0.1, 0.15) is 43.7 Å². The van der Waals surface area contributed by atoms with Crippen LogP contribution in [0.3, 0.4) is 0 Å². The van der Waals surface area contributed by atoms with Crippen LogP contribution in [0.25, 0.3) is 0 Å². The first-order valence-electron chi connectivity index (χ1n) is 7.11. The molecular weight excluding hydrogens is 256 g/mol. The van der Waals surface area contributed by atoms with Gasteiger partial charge < -0.3 is 10.6 Å². The highest BCUT2D eigenvalue weighted by Gasteiger charge is 2.32. The molecule has 106 valence electrons. The topological polar surface area (TPSA) is 46.3 Å². The van der Waals surface area contributed by atoms with Crippen LogP contribution in [-0.2, 0) is 11.2 Å². The fraction of sp³-hybridized carbons (Fsp3) is 0.667. The Labute approximate surface area is 119 Å². The minimum atomic E-state index is -0.0253. The summed E-state index contributed by atoms with van der Waals surface area (Å²) in [7, 11) is 0. The quantitative estimate of drug-likeness (QED) is 0.922. The largest absolute Gasteiger partial charge is 0.335 e. The van der Waals surface area contributed by atoms with Gasteiger partial charge in [0.1, 0.15) is 0 Å². The molecule has 0 saturated carbocycles. The number of hydrogen-bond acceptors (Lipinski definition) is 3. The van der Waals surface area contributed by atoms with Crippen molar-refractivity contribution in [3.05, 3.63) is 21.9 Å². The zero-order valence-corrected chi connectivity index (χ0v) is 12.9. The smallest absolute Gasteiger partial charge is 0.227 e. The number of nitrogens with zero attached hydrogens (tertiary/aromatic N) is 1. The minimum Gasteiger partial charge on any atom is -0.335 e. The number of hydrogen-bond donors (Lipinski definition) is 1. The van der Waals surface area contributed by atoms with Crippen molar-refractivity contribution >= 4 is 17.2 Å². The Kier molecular flexibility index (Phi) is 4.63. The average molecular weight is 280 g/mol. The van der Waals surface area contributed by atoms with Gasteiger partial charge >= 0.3 is 0 Å². The van der Waals surface area contributed by atoms with Gasteiger partial charge in [-0.05, 0) is 42.7 Å². The highest BCUT2D eigenvalue weighted by molar-refractivity contribution is 7.10. The molecule has 1 aliphatic rings.